The molecule has 2 saturated carbocycles. The molecule has 0 radical (unpaired) electrons. The topological polar surface area (TPSA) is 116 Å². The number of carbonyl (C=O) groups is 2. The molecule has 2 amide bonds. The highest BCUT2D eigenvalue weighted by molar-refractivity contribution is 6.04. The molecular formula is C40H41FN6O4. The molecule has 2 aliphatic heterocycles. The van der Waals surface area contributed by atoms with E-state index in [4.69, 9.17) is 14.5 Å². The maximum Gasteiger partial charge on any atom is 0.411 e. The number of rotatable bonds is 2. The van der Waals surface area contributed by atoms with Crippen molar-refractivity contribution in [2.45, 2.75) is 103 Å². The van der Waals surface area contributed by atoms with E-state index in [1.54, 1.807) is 11.0 Å². The van der Waals surface area contributed by atoms with Crippen LogP contribution in [-0.4, -0.2) is 65.2 Å². The maximum absolute atomic E-state index is 15.4. The molecule has 3 aromatic carbocycles. The Kier molecular flexibility index (Phi) is 6.83. The van der Waals surface area contributed by atoms with E-state index in [0.29, 0.717) is 28.7 Å². The number of hydrogen-bond donors (Lipinski definition) is 2. The van der Waals surface area contributed by atoms with Gasteiger partial charge in [0.15, 0.2) is 5.82 Å². The van der Waals surface area contributed by atoms with Crippen LogP contribution >= 0.6 is 0 Å². The van der Waals surface area contributed by atoms with Crippen molar-refractivity contribution in [1.29, 1.82) is 0 Å². The minimum atomic E-state index is -0.607. The summed E-state index contributed by atoms with van der Waals surface area (Å²) in [4.78, 5) is 46.2. The molecule has 2 saturated heterocycles. The Morgan fingerprint density at radius 3 is 1.90 bits per heavy atom. The fourth-order valence-corrected chi connectivity index (χ4v) is 8.08. The van der Waals surface area contributed by atoms with Crippen LogP contribution in [-0.2, 0) is 9.47 Å². The number of ether oxygens (including phenoxy) is 2. The lowest BCUT2D eigenvalue weighted by molar-refractivity contribution is 0.0164. The van der Waals surface area contributed by atoms with Gasteiger partial charge in [-0.05, 0) is 115 Å². The molecule has 2 N–H and O–H groups in total. The second kappa shape index (κ2) is 10.9. The van der Waals surface area contributed by atoms with E-state index in [1.165, 1.54) is 6.07 Å². The summed E-state index contributed by atoms with van der Waals surface area (Å²) in [7, 11) is 0. The summed E-state index contributed by atoms with van der Waals surface area (Å²) in [6, 6.07) is 13.1. The largest absolute Gasteiger partial charge is 0.444 e. The first-order chi connectivity index (χ1) is 24.2. The minimum Gasteiger partial charge on any atom is -0.444 e. The standard InChI is InChI=1S/C40H41FN6O4/c1-39(2,3)50-37(48)46-29-16-23(29)18-31(46)35-42-27-12-10-22-13-20(9-11-25(22)33(27)44-35)7-8-21-14-26(41)34-28(15-21)43-36(45-34)32-19-24-17-30(24)47(32)38(49)51-40(4,5)6/h9-15,23-24,29-32H,16-19H2,1-6H3,(H,42,44)(H,43,45)/t23-,24?,29-,30?,31+,32+/m1/s1. The van der Waals surface area contributed by atoms with Crippen LogP contribution in [0.15, 0.2) is 42.5 Å². The first kappa shape index (κ1) is 31.8. The number of aromatic nitrogens is 4. The normalized spacial score (nSPS) is 25.2. The van der Waals surface area contributed by atoms with Gasteiger partial charge in [0.1, 0.15) is 28.4 Å². The molecule has 0 bridgehead atoms. The number of piperidine rings is 2. The lowest BCUT2D eigenvalue weighted by Crippen LogP contribution is -2.38. The third kappa shape index (κ3) is 5.75. The quantitative estimate of drug-likeness (QED) is 0.180. The highest BCUT2D eigenvalue weighted by Crippen LogP contribution is 2.54. The number of H-pyrrole nitrogens is 2. The molecule has 2 aliphatic carbocycles. The van der Waals surface area contributed by atoms with Gasteiger partial charge in [-0.2, -0.15) is 0 Å². The van der Waals surface area contributed by atoms with Crippen molar-refractivity contribution in [3.63, 3.8) is 0 Å². The lowest BCUT2D eigenvalue weighted by Gasteiger charge is -2.29. The summed E-state index contributed by atoms with van der Waals surface area (Å²) in [5.74, 6) is 8.12. The smallest absolute Gasteiger partial charge is 0.411 e. The van der Waals surface area contributed by atoms with E-state index in [9.17, 15) is 9.59 Å². The zero-order chi connectivity index (χ0) is 35.6. The van der Waals surface area contributed by atoms with Gasteiger partial charge < -0.3 is 19.4 Å². The molecule has 0 spiro atoms. The lowest BCUT2D eigenvalue weighted by atomic mass is 10.1. The van der Waals surface area contributed by atoms with Crippen molar-refractivity contribution < 1.29 is 23.5 Å². The van der Waals surface area contributed by atoms with Gasteiger partial charge in [0, 0.05) is 28.6 Å². The van der Waals surface area contributed by atoms with Crippen LogP contribution < -0.4 is 0 Å². The molecule has 9 rings (SSSR count). The number of amides is 2. The van der Waals surface area contributed by atoms with Crippen molar-refractivity contribution >= 4 is 45.0 Å². The number of carbonyl (C=O) groups excluding carboxylic acids is 2. The third-order valence-corrected chi connectivity index (χ3v) is 10.4. The predicted octanol–water partition coefficient (Wildman–Crippen LogP) is 8.27. The Labute approximate surface area is 295 Å². The highest BCUT2D eigenvalue weighted by Gasteiger charge is 2.57. The molecule has 11 heteroatoms. The molecule has 4 aliphatic rings. The van der Waals surface area contributed by atoms with Gasteiger partial charge >= 0.3 is 12.2 Å². The number of hydrogen-bond acceptors (Lipinski definition) is 6. The summed E-state index contributed by atoms with van der Waals surface area (Å²) in [6.45, 7) is 11.2. The highest BCUT2D eigenvalue weighted by atomic mass is 19.1. The van der Waals surface area contributed by atoms with Crippen molar-refractivity contribution in [1.82, 2.24) is 29.7 Å². The summed E-state index contributed by atoms with van der Waals surface area (Å²) in [5.41, 5.74) is 2.66. The first-order valence-electron chi connectivity index (χ1n) is 17.9. The average Bonchev–Trinajstić information content (AvgIpc) is 3.69. The van der Waals surface area contributed by atoms with Crippen LogP contribution in [0.1, 0.15) is 102 Å². The molecule has 4 fully saturated rings. The molecular weight excluding hydrogens is 647 g/mol. The number of imidazole rings is 2. The second-order valence-corrected chi connectivity index (χ2v) is 16.7. The van der Waals surface area contributed by atoms with Crippen molar-refractivity contribution in [3.8, 4) is 11.8 Å². The van der Waals surface area contributed by atoms with E-state index in [1.807, 2.05) is 76.8 Å². The van der Waals surface area contributed by atoms with E-state index >= 15 is 4.39 Å². The number of nitrogens with zero attached hydrogens (tertiary/aromatic N) is 4. The van der Waals surface area contributed by atoms with Crippen molar-refractivity contribution in [2.75, 3.05) is 0 Å². The van der Waals surface area contributed by atoms with Gasteiger partial charge in [0.05, 0.1) is 28.6 Å². The Morgan fingerprint density at radius 2 is 1.29 bits per heavy atom. The van der Waals surface area contributed by atoms with Gasteiger partial charge in [-0.3, -0.25) is 9.80 Å². The Hall–Kier alpha value is -5.11. The SMILES string of the molecule is CC(C)(C)OC(=O)N1C2CC2C[C@H]1c1nc2c(F)cc(C#Cc3ccc4c(ccc5[nH]c([C@@H]6C[C@H]7C[C@H]7N6C(=O)OC(C)(C)C)nc54)c3)cc2[nH]1. The van der Waals surface area contributed by atoms with Crippen LogP contribution in [0, 0.1) is 29.5 Å². The molecule has 2 aromatic heterocycles. The molecule has 6 atom stereocenters. The van der Waals surface area contributed by atoms with Crippen molar-refractivity contribution in [3.05, 3.63) is 71.1 Å². The molecule has 10 nitrogen and oxygen atoms in total. The Bertz CT molecular complexity index is 2340. The number of likely N-dealkylation sites (tertiary alicyclic amines) is 2. The van der Waals surface area contributed by atoms with Gasteiger partial charge in [-0.25, -0.2) is 23.9 Å². The fraction of sp³-hybridized carbons (Fsp3) is 0.450. The van der Waals surface area contributed by atoms with Gasteiger partial charge in [0.25, 0.3) is 0 Å². The first-order valence-corrected chi connectivity index (χ1v) is 17.9. The summed E-state index contributed by atoms with van der Waals surface area (Å²) >= 11 is 0. The molecule has 4 heterocycles. The van der Waals surface area contributed by atoms with Crippen molar-refractivity contribution in [2.24, 2.45) is 11.8 Å². The average molecular weight is 689 g/mol. The number of aromatic amines is 2. The fourth-order valence-electron chi connectivity index (χ4n) is 8.08. The molecule has 2 unspecified atom stereocenters. The zero-order valence-corrected chi connectivity index (χ0v) is 29.6. The predicted molar refractivity (Wildman–Crippen MR) is 190 cm³/mol. The van der Waals surface area contributed by atoms with Crippen LogP contribution in [0.5, 0.6) is 0 Å². The Balaban J connectivity index is 0.966. The molecule has 51 heavy (non-hydrogen) atoms. The number of fused-ring (bicyclic) bond motifs is 6. The number of nitrogens with one attached hydrogen (secondary N) is 2. The summed E-state index contributed by atoms with van der Waals surface area (Å²) in [6.07, 6.45) is 2.98. The maximum atomic E-state index is 15.4. The zero-order valence-electron chi connectivity index (χ0n) is 29.6. The van der Waals surface area contributed by atoms with E-state index < -0.39 is 17.0 Å². The van der Waals surface area contributed by atoms with Crippen LogP contribution in [0.3, 0.4) is 0 Å². The van der Waals surface area contributed by atoms with Gasteiger partial charge in [-0.15, -0.1) is 0 Å². The number of benzene rings is 3. The van der Waals surface area contributed by atoms with Gasteiger partial charge in [0.2, 0.25) is 0 Å². The van der Waals surface area contributed by atoms with Crippen LogP contribution in [0.25, 0.3) is 32.8 Å². The monoisotopic (exact) mass is 688 g/mol. The third-order valence-electron chi connectivity index (χ3n) is 10.4. The second-order valence-electron chi connectivity index (χ2n) is 16.7. The van der Waals surface area contributed by atoms with E-state index in [0.717, 1.165) is 58.9 Å². The Morgan fingerprint density at radius 1 is 0.725 bits per heavy atom. The molecule has 262 valence electrons. The number of halogens is 1. The van der Waals surface area contributed by atoms with E-state index in [2.05, 4.69) is 26.8 Å². The van der Waals surface area contributed by atoms with E-state index in [-0.39, 0.29) is 41.9 Å². The molecule has 5 aromatic rings. The van der Waals surface area contributed by atoms with Crippen LogP contribution in [0.2, 0.25) is 0 Å². The summed E-state index contributed by atoms with van der Waals surface area (Å²) in [5, 5.41) is 1.96. The van der Waals surface area contributed by atoms with Gasteiger partial charge in [-0.1, -0.05) is 24.0 Å². The summed E-state index contributed by atoms with van der Waals surface area (Å²) < 4.78 is 26.8. The van der Waals surface area contributed by atoms with Crippen LogP contribution in [0.4, 0.5) is 14.0 Å². The minimum absolute atomic E-state index is 0.143.